The standard InChI is InChI=1S/C14H18O/c1-4-5-6-12(2)11-13-7-9-14(15-3)10-8-13/h7-10,12H,4,11H2,1-3H3. The lowest BCUT2D eigenvalue weighted by atomic mass is 10.0. The van der Waals surface area contributed by atoms with Gasteiger partial charge in [-0.2, -0.15) is 0 Å². The van der Waals surface area contributed by atoms with Crippen LogP contribution in [0.15, 0.2) is 24.3 Å². The molecule has 0 N–H and O–H groups in total. The van der Waals surface area contributed by atoms with E-state index >= 15 is 0 Å². The van der Waals surface area contributed by atoms with Crippen LogP contribution < -0.4 is 4.74 Å². The molecule has 0 aromatic heterocycles. The van der Waals surface area contributed by atoms with Crippen LogP contribution in [0.4, 0.5) is 0 Å². The zero-order valence-corrected chi connectivity index (χ0v) is 9.71. The molecule has 1 aromatic rings. The van der Waals surface area contributed by atoms with Gasteiger partial charge in [-0.3, -0.25) is 0 Å². The van der Waals surface area contributed by atoms with Crippen LogP contribution in [0.3, 0.4) is 0 Å². The van der Waals surface area contributed by atoms with Crippen LogP contribution in [-0.4, -0.2) is 7.11 Å². The molecule has 0 saturated carbocycles. The van der Waals surface area contributed by atoms with Gasteiger partial charge in [-0.05, 0) is 24.1 Å². The van der Waals surface area contributed by atoms with Crippen LogP contribution in [0.2, 0.25) is 0 Å². The molecule has 0 aliphatic carbocycles. The third kappa shape index (κ3) is 4.08. The molecule has 15 heavy (non-hydrogen) atoms. The summed E-state index contributed by atoms with van der Waals surface area (Å²) in [6, 6.07) is 8.19. The van der Waals surface area contributed by atoms with Gasteiger partial charge in [-0.15, -0.1) is 5.92 Å². The zero-order valence-electron chi connectivity index (χ0n) is 9.71. The molecule has 1 heteroatoms. The van der Waals surface area contributed by atoms with Gasteiger partial charge < -0.3 is 4.74 Å². The molecule has 0 aliphatic heterocycles. The Balaban J connectivity index is 2.57. The van der Waals surface area contributed by atoms with E-state index in [9.17, 15) is 0 Å². The first kappa shape index (κ1) is 11.7. The molecule has 1 nitrogen and oxygen atoms in total. The first-order valence-electron chi connectivity index (χ1n) is 5.37. The summed E-state index contributed by atoms with van der Waals surface area (Å²) in [5, 5.41) is 0. The number of benzene rings is 1. The fourth-order valence-electron chi connectivity index (χ4n) is 1.44. The van der Waals surface area contributed by atoms with Gasteiger partial charge in [0.1, 0.15) is 5.75 Å². The van der Waals surface area contributed by atoms with E-state index in [2.05, 4.69) is 37.8 Å². The SMILES string of the molecule is CCC#CC(C)Cc1ccc(OC)cc1. The van der Waals surface area contributed by atoms with Gasteiger partial charge in [-0.1, -0.05) is 31.9 Å². The minimum atomic E-state index is 0.429. The number of methoxy groups -OCH3 is 1. The summed E-state index contributed by atoms with van der Waals surface area (Å²) in [5.41, 5.74) is 1.31. The van der Waals surface area contributed by atoms with Crippen molar-refractivity contribution in [3.63, 3.8) is 0 Å². The molecule has 1 aromatic carbocycles. The Kier molecular flexibility index (Phi) is 4.77. The maximum Gasteiger partial charge on any atom is 0.118 e. The van der Waals surface area contributed by atoms with E-state index < -0.39 is 0 Å². The fraction of sp³-hybridized carbons (Fsp3) is 0.429. The van der Waals surface area contributed by atoms with Gasteiger partial charge in [0.25, 0.3) is 0 Å². The minimum Gasteiger partial charge on any atom is -0.497 e. The van der Waals surface area contributed by atoms with Crippen molar-refractivity contribution < 1.29 is 4.74 Å². The van der Waals surface area contributed by atoms with E-state index in [-0.39, 0.29) is 0 Å². The average Bonchev–Trinajstić information content (AvgIpc) is 2.27. The van der Waals surface area contributed by atoms with Crippen molar-refractivity contribution >= 4 is 0 Å². The second kappa shape index (κ2) is 6.14. The van der Waals surface area contributed by atoms with Crippen LogP contribution in [0.5, 0.6) is 5.75 Å². The van der Waals surface area contributed by atoms with E-state index in [1.165, 1.54) is 5.56 Å². The van der Waals surface area contributed by atoms with E-state index in [0.29, 0.717) is 5.92 Å². The number of rotatable bonds is 3. The highest BCUT2D eigenvalue weighted by molar-refractivity contribution is 5.28. The van der Waals surface area contributed by atoms with E-state index in [4.69, 9.17) is 4.74 Å². The number of ether oxygens (including phenoxy) is 1. The van der Waals surface area contributed by atoms with Crippen molar-refractivity contribution in [2.45, 2.75) is 26.7 Å². The normalized spacial score (nSPS) is 11.4. The molecule has 80 valence electrons. The molecule has 1 rings (SSSR count). The van der Waals surface area contributed by atoms with Crippen LogP contribution in [0.25, 0.3) is 0 Å². The molecule has 0 radical (unpaired) electrons. The Labute approximate surface area is 92.5 Å². The second-order valence-corrected chi connectivity index (χ2v) is 3.63. The summed E-state index contributed by atoms with van der Waals surface area (Å²) in [6.45, 7) is 4.24. The predicted molar refractivity (Wildman–Crippen MR) is 63.9 cm³/mol. The fourth-order valence-corrected chi connectivity index (χ4v) is 1.44. The van der Waals surface area contributed by atoms with Gasteiger partial charge in [0, 0.05) is 12.3 Å². The smallest absolute Gasteiger partial charge is 0.118 e. The largest absolute Gasteiger partial charge is 0.497 e. The van der Waals surface area contributed by atoms with Gasteiger partial charge in [-0.25, -0.2) is 0 Å². The van der Waals surface area contributed by atoms with Crippen molar-refractivity contribution in [1.82, 2.24) is 0 Å². The van der Waals surface area contributed by atoms with Gasteiger partial charge in [0.05, 0.1) is 7.11 Å². The molecule has 0 fully saturated rings. The second-order valence-electron chi connectivity index (χ2n) is 3.63. The van der Waals surface area contributed by atoms with Crippen molar-refractivity contribution in [2.75, 3.05) is 7.11 Å². The van der Waals surface area contributed by atoms with E-state index in [1.807, 2.05) is 12.1 Å². The summed E-state index contributed by atoms with van der Waals surface area (Å²) in [7, 11) is 1.68. The van der Waals surface area contributed by atoms with E-state index in [0.717, 1.165) is 18.6 Å². The molecule has 0 aliphatic rings. The van der Waals surface area contributed by atoms with E-state index in [1.54, 1.807) is 7.11 Å². The Morgan fingerprint density at radius 1 is 1.27 bits per heavy atom. The van der Waals surface area contributed by atoms with Gasteiger partial charge in [0.15, 0.2) is 0 Å². The van der Waals surface area contributed by atoms with Crippen LogP contribution >= 0.6 is 0 Å². The summed E-state index contributed by atoms with van der Waals surface area (Å²) >= 11 is 0. The topological polar surface area (TPSA) is 9.23 Å². The van der Waals surface area contributed by atoms with Crippen molar-refractivity contribution in [3.05, 3.63) is 29.8 Å². The van der Waals surface area contributed by atoms with Crippen LogP contribution in [0.1, 0.15) is 25.8 Å². The lowest BCUT2D eigenvalue weighted by Gasteiger charge is -2.05. The average molecular weight is 202 g/mol. The third-order valence-electron chi connectivity index (χ3n) is 2.23. The zero-order chi connectivity index (χ0) is 11.1. The van der Waals surface area contributed by atoms with Gasteiger partial charge >= 0.3 is 0 Å². The monoisotopic (exact) mass is 202 g/mol. The Bertz CT molecular complexity index is 340. The highest BCUT2D eigenvalue weighted by atomic mass is 16.5. The maximum absolute atomic E-state index is 5.11. The van der Waals surface area contributed by atoms with Gasteiger partial charge in [0.2, 0.25) is 0 Å². The van der Waals surface area contributed by atoms with Crippen LogP contribution in [0, 0.1) is 17.8 Å². The van der Waals surface area contributed by atoms with Crippen molar-refractivity contribution in [1.29, 1.82) is 0 Å². The predicted octanol–water partition coefficient (Wildman–Crippen LogP) is 3.29. The molecule has 0 saturated heterocycles. The highest BCUT2D eigenvalue weighted by Crippen LogP contribution is 2.14. The lowest BCUT2D eigenvalue weighted by Crippen LogP contribution is -1.96. The Morgan fingerprint density at radius 2 is 1.93 bits per heavy atom. The third-order valence-corrected chi connectivity index (χ3v) is 2.23. The molecular weight excluding hydrogens is 184 g/mol. The quantitative estimate of drug-likeness (QED) is 0.683. The highest BCUT2D eigenvalue weighted by Gasteiger charge is 1.99. The molecule has 0 amide bonds. The number of hydrogen-bond donors (Lipinski definition) is 0. The number of hydrogen-bond acceptors (Lipinski definition) is 1. The first-order valence-corrected chi connectivity index (χ1v) is 5.37. The maximum atomic E-state index is 5.11. The Hall–Kier alpha value is -1.42. The molecule has 0 bridgehead atoms. The first-order chi connectivity index (χ1) is 7.26. The summed E-state index contributed by atoms with van der Waals surface area (Å²) in [6.07, 6.45) is 1.95. The molecular formula is C14H18O. The summed E-state index contributed by atoms with van der Waals surface area (Å²) in [5.74, 6) is 7.68. The van der Waals surface area contributed by atoms with Crippen molar-refractivity contribution in [2.24, 2.45) is 5.92 Å². The lowest BCUT2D eigenvalue weighted by molar-refractivity contribution is 0.414. The molecule has 0 spiro atoms. The Morgan fingerprint density at radius 3 is 2.47 bits per heavy atom. The van der Waals surface area contributed by atoms with Crippen LogP contribution in [-0.2, 0) is 6.42 Å². The summed E-state index contributed by atoms with van der Waals surface area (Å²) < 4.78 is 5.11. The molecule has 1 unspecified atom stereocenters. The molecule has 1 atom stereocenters. The molecule has 0 heterocycles. The van der Waals surface area contributed by atoms with Crippen molar-refractivity contribution in [3.8, 4) is 17.6 Å². The minimum absolute atomic E-state index is 0.429. The summed E-state index contributed by atoms with van der Waals surface area (Å²) in [4.78, 5) is 0.